The molecule has 0 aliphatic rings. The van der Waals surface area contributed by atoms with Gasteiger partial charge in [0.2, 0.25) is 0 Å². The van der Waals surface area contributed by atoms with Gasteiger partial charge >= 0.3 is 6.09 Å². The van der Waals surface area contributed by atoms with Crippen LogP contribution in [-0.4, -0.2) is 16.2 Å². The monoisotopic (exact) mass is 310 g/mol. The number of aromatic nitrogens is 1. The van der Waals surface area contributed by atoms with Crippen LogP contribution in [-0.2, 0) is 5.54 Å². The van der Waals surface area contributed by atoms with Gasteiger partial charge in [0.15, 0.2) is 5.82 Å². The van der Waals surface area contributed by atoms with Gasteiger partial charge in [-0.25, -0.2) is 18.0 Å². The molecule has 116 valence electrons. The van der Waals surface area contributed by atoms with Gasteiger partial charge in [-0.3, -0.25) is 4.98 Å². The lowest BCUT2D eigenvalue weighted by Crippen LogP contribution is -2.41. The minimum Gasteiger partial charge on any atom is -0.465 e. The Kier molecular flexibility index (Phi) is 4.07. The second kappa shape index (κ2) is 5.67. The zero-order chi connectivity index (χ0) is 16.5. The minimum absolute atomic E-state index is 0.184. The van der Waals surface area contributed by atoms with E-state index in [-0.39, 0.29) is 11.3 Å². The number of nitrogens with zero attached hydrogens (tertiary/aromatic N) is 1. The van der Waals surface area contributed by atoms with Gasteiger partial charge in [0.05, 0.1) is 17.3 Å². The first-order valence-corrected chi connectivity index (χ1v) is 6.34. The Labute approximate surface area is 124 Å². The van der Waals surface area contributed by atoms with Crippen molar-refractivity contribution < 1.29 is 23.1 Å². The molecule has 4 nitrogen and oxygen atoms in total. The van der Waals surface area contributed by atoms with E-state index in [1.54, 1.807) is 0 Å². The molecule has 1 aromatic carbocycles. The summed E-state index contributed by atoms with van der Waals surface area (Å²) in [7, 11) is 0. The summed E-state index contributed by atoms with van der Waals surface area (Å²) in [6.45, 7) is 2.66. The molecule has 0 aliphatic heterocycles. The fourth-order valence-corrected chi connectivity index (χ4v) is 2.18. The van der Waals surface area contributed by atoms with Crippen LogP contribution in [0.2, 0.25) is 0 Å². The van der Waals surface area contributed by atoms with Crippen molar-refractivity contribution in [1.29, 1.82) is 0 Å². The van der Waals surface area contributed by atoms with E-state index in [9.17, 15) is 18.0 Å². The number of rotatable bonds is 3. The van der Waals surface area contributed by atoms with Crippen molar-refractivity contribution in [3.05, 3.63) is 53.5 Å². The lowest BCUT2D eigenvalue weighted by molar-refractivity contribution is 0.181. The van der Waals surface area contributed by atoms with Gasteiger partial charge in [-0.05, 0) is 38.1 Å². The molecule has 1 heterocycles. The molecule has 0 saturated heterocycles. The number of carbonyl (C=O) groups is 1. The first kappa shape index (κ1) is 15.8. The van der Waals surface area contributed by atoms with Gasteiger partial charge in [-0.2, -0.15) is 0 Å². The summed E-state index contributed by atoms with van der Waals surface area (Å²) in [5, 5.41) is 10.8. The van der Waals surface area contributed by atoms with Crippen molar-refractivity contribution in [1.82, 2.24) is 10.3 Å². The fourth-order valence-electron chi connectivity index (χ4n) is 2.18. The third kappa shape index (κ3) is 3.03. The molecule has 0 radical (unpaired) electrons. The van der Waals surface area contributed by atoms with E-state index in [4.69, 9.17) is 5.11 Å². The fraction of sp³-hybridized carbons (Fsp3) is 0.200. The molecule has 0 saturated carbocycles. The molecule has 2 rings (SSSR count). The lowest BCUT2D eigenvalue weighted by atomic mass is 9.92. The highest BCUT2D eigenvalue weighted by Crippen LogP contribution is 2.31. The second-order valence-electron chi connectivity index (χ2n) is 5.21. The van der Waals surface area contributed by atoms with Crippen molar-refractivity contribution in [2.75, 3.05) is 0 Å². The molecule has 0 bridgehead atoms. The molecule has 0 fully saturated rings. The van der Waals surface area contributed by atoms with Crippen LogP contribution in [0, 0.1) is 17.5 Å². The molecule has 2 N–H and O–H groups in total. The van der Waals surface area contributed by atoms with Crippen molar-refractivity contribution >= 4 is 6.09 Å². The Morgan fingerprint density at radius 3 is 2.32 bits per heavy atom. The van der Waals surface area contributed by atoms with Crippen molar-refractivity contribution in [3.8, 4) is 11.3 Å². The maximum Gasteiger partial charge on any atom is 0.405 e. The Bertz CT molecular complexity index is 715. The Hall–Kier alpha value is -2.57. The molecule has 1 amide bonds. The highest BCUT2D eigenvalue weighted by atomic mass is 19.1. The third-order valence-corrected chi connectivity index (χ3v) is 3.14. The third-order valence-electron chi connectivity index (χ3n) is 3.14. The Morgan fingerprint density at radius 1 is 1.18 bits per heavy atom. The zero-order valence-electron chi connectivity index (χ0n) is 11.8. The van der Waals surface area contributed by atoms with Crippen LogP contribution in [0.5, 0.6) is 0 Å². The largest absolute Gasteiger partial charge is 0.465 e. The average molecular weight is 310 g/mol. The van der Waals surface area contributed by atoms with Gasteiger partial charge in [-0.15, -0.1) is 0 Å². The number of halogens is 3. The molecule has 7 heteroatoms. The minimum atomic E-state index is -1.50. The number of nitrogens with one attached hydrogen (secondary N) is 1. The van der Waals surface area contributed by atoms with Crippen LogP contribution in [0.4, 0.5) is 18.0 Å². The van der Waals surface area contributed by atoms with Gasteiger partial charge in [-0.1, -0.05) is 0 Å². The van der Waals surface area contributed by atoms with E-state index in [2.05, 4.69) is 10.3 Å². The normalized spacial score (nSPS) is 11.3. The van der Waals surface area contributed by atoms with Crippen molar-refractivity contribution in [3.63, 3.8) is 0 Å². The zero-order valence-corrected chi connectivity index (χ0v) is 11.8. The number of hydrogen-bond acceptors (Lipinski definition) is 2. The molecule has 0 aliphatic carbocycles. The number of benzene rings is 1. The van der Waals surface area contributed by atoms with E-state index >= 15 is 0 Å². The van der Waals surface area contributed by atoms with Crippen LogP contribution >= 0.6 is 0 Å². The second-order valence-corrected chi connectivity index (χ2v) is 5.21. The topological polar surface area (TPSA) is 62.2 Å². The van der Waals surface area contributed by atoms with E-state index in [0.29, 0.717) is 0 Å². The lowest BCUT2D eigenvalue weighted by Gasteiger charge is -2.26. The quantitative estimate of drug-likeness (QED) is 0.909. The van der Waals surface area contributed by atoms with Crippen LogP contribution in [0.25, 0.3) is 11.3 Å². The molecule has 0 spiro atoms. The first-order valence-electron chi connectivity index (χ1n) is 6.34. The number of hydrogen-bond donors (Lipinski definition) is 2. The van der Waals surface area contributed by atoms with Gasteiger partial charge in [0.25, 0.3) is 0 Å². The maximum absolute atomic E-state index is 14.6. The Morgan fingerprint density at radius 2 is 1.77 bits per heavy atom. The Balaban J connectivity index is 2.59. The maximum atomic E-state index is 14.6. The van der Waals surface area contributed by atoms with Crippen LogP contribution < -0.4 is 5.32 Å². The van der Waals surface area contributed by atoms with Gasteiger partial charge < -0.3 is 10.4 Å². The van der Waals surface area contributed by atoms with E-state index in [1.165, 1.54) is 26.0 Å². The number of pyridine rings is 1. The molecular formula is C15H13F3N2O2. The van der Waals surface area contributed by atoms with Crippen molar-refractivity contribution in [2.24, 2.45) is 0 Å². The summed E-state index contributed by atoms with van der Waals surface area (Å²) in [6, 6.07) is 4.86. The first-order chi connectivity index (χ1) is 10.2. The molecule has 0 atom stereocenters. The highest BCUT2D eigenvalue weighted by Gasteiger charge is 2.31. The van der Waals surface area contributed by atoms with E-state index < -0.39 is 34.6 Å². The molecule has 1 aromatic heterocycles. The summed E-state index contributed by atoms with van der Waals surface area (Å²) >= 11 is 0. The smallest absolute Gasteiger partial charge is 0.405 e. The summed E-state index contributed by atoms with van der Waals surface area (Å²) in [5.74, 6) is -2.47. The summed E-state index contributed by atoms with van der Waals surface area (Å²) in [4.78, 5) is 14.5. The number of amides is 1. The molecule has 22 heavy (non-hydrogen) atoms. The van der Waals surface area contributed by atoms with E-state index in [0.717, 1.165) is 18.3 Å². The predicted octanol–water partition coefficient (Wildman–Crippen LogP) is 3.67. The highest BCUT2D eigenvalue weighted by molar-refractivity contribution is 5.67. The summed E-state index contributed by atoms with van der Waals surface area (Å²) in [6.07, 6.45) is -0.605. The van der Waals surface area contributed by atoms with E-state index in [1.807, 2.05) is 0 Å². The molecule has 2 aromatic rings. The number of carboxylic acid groups (broad SMARTS) is 1. The predicted molar refractivity (Wildman–Crippen MR) is 73.7 cm³/mol. The van der Waals surface area contributed by atoms with Crippen molar-refractivity contribution in [2.45, 2.75) is 19.4 Å². The molecular weight excluding hydrogens is 297 g/mol. The summed E-state index contributed by atoms with van der Waals surface area (Å²) in [5.41, 5.74) is -1.88. The molecule has 0 unspecified atom stereocenters. The van der Waals surface area contributed by atoms with Crippen LogP contribution in [0.15, 0.2) is 30.5 Å². The van der Waals surface area contributed by atoms with Gasteiger partial charge in [0, 0.05) is 5.56 Å². The van der Waals surface area contributed by atoms with Gasteiger partial charge in [0.1, 0.15) is 17.3 Å². The standard InChI is InChI=1S/C15H13F3N2O2/c1-15(2,20-14(21)22)11-10(17)7-19-13(12(11)18)8-3-5-9(16)6-4-8/h3-7,20H,1-2H3,(H,21,22). The van der Waals surface area contributed by atoms with Crippen LogP contribution in [0.3, 0.4) is 0 Å². The average Bonchev–Trinajstić information content (AvgIpc) is 2.38. The SMILES string of the molecule is CC(C)(NC(=O)O)c1c(F)cnc(-c2ccc(F)cc2)c1F. The summed E-state index contributed by atoms with van der Waals surface area (Å²) < 4.78 is 41.5. The van der Waals surface area contributed by atoms with Crippen LogP contribution in [0.1, 0.15) is 19.4 Å².